The van der Waals surface area contributed by atoms with Crippen LogP contribution in [0.5, 0.6) is 5.75 Å². The highest BCUT2D eigenvalue weighted by Gasteiger charge is 2.21. The summed E-state index contributed by atoms with van der Waals surface area (Å²) in [5.74, 6) is 3.06. The molecule has 1 saturated heterocycles. The number of ether oxygens (including phenoxy) is 1. The van der Waals surface area contributed by atoms with E-state index in [2.05, 4.69) is 28.9 Å². The Morgan fingerprint density at radius 3 is 2.52 bits per heavy atom. The van der Waals surface area contributed by atoms with Crippen LogP contribution in [0.15, 0.2) is 41.1 Å². The van der Waals surface area contributed by atoms with Crippen molar-refractivity contribution in [2.24, 2.45) is 0 Å². The molecule has 0 unspecified atom stereocenters. The highest BCUT2D eigenvalue weighted by Crippen LogP contribution is 2.20. The minimum absolute atomic E-state index is 0.312. The molecule has 0 radical (unpaired) electrons. The summed E-state index contributed by atoms with van der Waals surface area (Å²) in [5.41, 5.74) is 0. The zero-order valence-corrected chi connectivity index (χ0v) is 12.5. The molecule has 2 aromatic heterocycles. The molecule has 0 aromatic carbocycles. The van der Waals surface area contributed by atoms with Gasteiger partial charge in [0.15, 0.2) is 0 Å². The van der Waals surface area contributed by atoms with Crippen LogP contribution in [0.3, 0.4) is 0 Å². The molecule has 4 nitrogen and oxygen atoms in total. The van der Waals surface area contributed by atoms with E-state index in [9.17, 15) is 0 Å². The molecule has 1 aliphatic rings. The van der Waals surface area contributed by atoms with E-state index >= 15 is 0 Å². The molecule has 0 atom stereocenters. The fourth-order valence-electron chi connectivity index (χ4n) is 2.71. The predicted octanol–water partition coefficient (Wildman–Crippen LogP) is 3.28. The highest BCUT2D eigenvalue weighted by atomic mass is 16.5. The van der Waals surface area contributed by atoms with E-state index in [1.807, 2.05) is 12.1 Å². The quantitative estimate of drug-likeness (QED) is 0.845. The number of nitrogens with zero attached hydrogens (tertiary/aromatic N) is 2. The zero-order valence-electron chi connectivity index (χ0n) is 12.5. The molecule has 112 valence electrons. The molecule has 0 aliphatic carbocycles. The van der Waals surface area contributed by atoms with Crippen LogP contribution in [0.4, 0.5) is 0 Å². The van der Waals surface area contributed by atoms with Crippen LogP contribution < -0.4 is 4.74 Å². The van der Waals surface area contributed by atoms with E-state index in [1.54, 1.807) is 12.4 Å². The topological polar surface area (TPSA) is 38.5 Å². The first-order chi connectivity index (χ1) is 10.3. The molecule has 1 aliphatic heterocycles. The van der Waals surface area contributed by atoms with Crippen LogP contribution in [0.2, 0.25) is 0 Å². The lowest BCUT2D eigenvalue weighted by molar-refractivity contribution is 0.0926. The van der Waals surface area contributed by atoms with Crippen molar-refractivity contribution in [3.05, 3.63) is 48.2 Å². The van der Waals surface area contributed by atoms with E-state index in [-0.39, 0.29) is 0 Å². The van der Waals surface area contributed by atoms with Gasteiger partial charge in [-0.25, -0.2) is 0 Å². The van der Waals surface area contributed by atoms with E-state index in [0.29, 0.717) is 6.10 Å². The van der Waals surface area contributed by atoms with Crippen molar-refractivity contribution in [1.29, 1.82) is 0 Å². The monoisotopic (exact) mass is 286 g/mol. The Hall–Kier alpha value is -1.81. The van der Waals surface area contributed by atoms with Crippen LogP contribution in [0.1, 0.15) is 31.3 Å². The Morgan fingerprint density at radius 1 is 1.14 bits per heavy atom. The summed E-state index contributed by atoms with van der Waals surface area (Å²) in [6.45, 7) is 5.13. The Balaban J connectivity index is 1.46. The molecule has 4 heteroatoms. The second kappa shape index (κ2) is 6.76. The van der Waals surface area contributed by atoms with Crippen molar-refractivity contribution in [2.75, 3.05) is 13.1 Å². The van der Waals surface area contributed by atoms with Gasteiger partial charge in [-0.15, -0.1) is 0 Å². The number of furan rings is 1. The molecule has 3 rings (SSSR count). The molecule has 2 aromatic rings. The summed E-state index contributed by atoms with van der Waals surface area (Å²) in [5, 5.41) is 0. The van der Waals surface area contributed by atoms with Gasteiger partial charge in [-0.1, -0.05) is 6.92 Å². The first-order valence-corrected chi connectivity index (χ1v) is 7.70. The summed E-state index contributed by atoms with van der Waals surface area (Å²) in [6.07, 6.45) is 6.93. The van der Waals surface area contributed by atoms with Gasteiger partial charge >= 0.3 is 0 Å². The van der Waals surface area contributed by atoms with Gasteiger partial charge in [0, 0.05) is 31.9 Å². The van der Waals surface area contributed by atoms with Crippen molar-refractivity contribution >= 4 is 0 Å². The first-order valence-electron chi connectivity index (χ1n) is 7.70. The second-order valence-electron chi connectivity index (χ2n) is 5.50. The predicted molar refractivity (Wildman–Crippen MR) is 81.3 cm³/mol. The highest BCUT2D eigenvalue weighted by molar-refractivity contribution is 5.17. The number of likely N-dealkylation sites (tertiary alicyclic amines) is 1. The normalized spacial score (nSPS) is 17.0. The zero-order chi connectivity index (χ0) is 14.5. The number of piperidine rings is 1. The summed E-state index contributed by atoms with van der Waals surface area (Å²) in [6, 6.07) is 8.01. The largest absolute Gasteiger partial charge is 0.490 e. The van der Waals surface area contributed by atoms with E-state index in [0.717, 1.165) is 56.2 Å². The lowest BCUT2D eigenvalue weighted by atomic mass is 10.1. The molecule has 0 saturated carbocycles. The van der Waals surface area contributed by atoms with Crippen molar-refractivity contribution < 1.29 is 9.15 Å². The van der Waals surface area contributed by atoms with Gasteiger partial charge < -0.3 is 9.15 Å². The van der Waals surface area contributed by atoms with E-state index in [4.69, 9.17) is 9.15 Å². The van der Waals surface area contributed by atoms with Crippen molar-refractivity contribution in [1.82, 2.24) is 9.88 Å². The number of rotatable bonds is 5. The number of hydrogen-bond acceptors (Lipinski definition) is 4. The van der Waals surface area contributed by atoms with Gasteiger partial charge in [0.1, 0.15) is 23.4 Å². The molecule has 0 N–H and O–H groups in total. The van der Waals surface area contributed by atoms with Crippen LogP contribution in [-0.2, 0) is 13.0 Å². The summed E-state index contributed by atoms with van der Waals surface area (Å²) >= 11 is 0. The lowest BCUT2D eigenvalue weighted by Gasteiger charge is -2.31. The van der Waals surface area contributed by atoms with Crippen molar-refractivity contribution in [3.63, 3.8) is 0 Å². The number of aryl methyl sites for hydroxylation is 1. The van der Waals surface area contributed by atoms with Gasteiger partial charge in [0.05, 0.1) is 6.54 Å². The number of aromatic nitrogens is 1. The van der Waals surface area contributed by atoms with Crippen LogP contribution in [0.25, 0.3) is 0 Å². The maximum atomic E-state index is 5.99. The summed E-state index contributed by atoms with van der Waals surface area (Å²) in [4.78, 5) is 6.44. The molecule has 3 heterocycles. The Labute approximate surface area is 125 Å². The standard InChI is InChI=1S/C17H22N2O2/c1-2-14-3-4-17(20-14)13-19-11-7-16(8-12-19)21-15-5-9-18-10-6-15/h3-6,9-10,16H,2,7-8,11-13H2,1H3. The minimum Gasteiger partial charge on any atom is -0.490 e. The molecule has 0 spiro atoms. The molecule has 0 bridgehead atoms. The summed E-state index contributed by atoms with van der Waals surface area (Å²) < 4.78 is 11.8. The minimum atomic E-state index is 0.312. The van der Waals surface area contributed by atoms with Gasteiger partial charge in [-0.3, -0.25) is 9.88 Å². The first kappa shape index (κ1) is 14.1. The van der Waals surface area contributed by atoms with Crippen LogP contribution >= 0.6 is 0 Å². The molecule has 0 amide bonds. The summed E-state index contributed by atoms with van der Waals surface area (Å²) in [7, 11) is 0. The number of pyridine rings is 1. The maximum absolute atomic E-state index is 5.99. The smallest absolute Gasteiger partial charge is 0.122 e. The average Bonchev–Trinajstić information content (AvgIpc) is 2.98. The Morgan fingerprint density at radius 2 is 1.86 bits per heavy atom. The molecular weight excluding hydrogens is 264 g/mol. The van der Waals surface area contributed by atoms with E-state index in [1.165, 1.54) is 0 Å². The van der Waals surface area contributed by atoms with Crippen molar-refractivity contribution in [2.45, 2.75) is 38.8 Å². The molecule has 21 heavy (non-hydrogen) atoms. The third-order valence-electron chi connectivity index (χ3n) is 3.93. The van der Waals surface area contributed by atoms with Crippen molar-refractivity contribution in [3.8, 4) is 5.75 Å². The Kier molecular flexibility index (Phi) is 4.55. The van der Waals surface area contributed by atoms with Crippen LogP contribution in [0, 0.1) is 0 Å². The fourth-order valence-corrected chi connectivity index (χ4v) is 2.71. The molecular formula is C17H22N2O2. The van der Waals surface area contributed by atoms with Gasteiger partial charge in [-0.05, 0) is 37.1 Å². The molecule has 1 fully saturated rings. The fraction of sp³-hybridized carbons (Fsp3) is 0.471. The third-order valence-corrected chi connectivity index (χ3v) is 3.93. The third kappa shape index (κ3) is 3.85. The lowest BCUT2D eigenvalue weighted by Crippen LogP contribution is -2.37. The second-order valence-corrected chi connectivity index (χ2v) is 5.50. The van der Waals surface area contributed by atoms with Gasteiger partial charge in [0.2, 0.25) is 0 Å². The SMILES string of the molecule is CCc1ccc(CN2CCC(Oc3ccncc3)CC2)o1. The van der Waals surface area contributed by atoms with Gasteiger partial charge in [-0.2, -0.15) is 0 Å². The van der Waals surface area contributed by atoms with E-state index < -0.39 is 0 Å². The maximum Gasteiger partial charge on any atom is 0.122 e. The average molecular weight is 286 g/mol. The number of hydrogen-bond donors (Lipinski definition) is 0. The Bertz CT molecular complexity index is 545. The van der Waals surface area contributed by atoms with Gasteiger partial charge in [0.25, 0.3) is 0 Å². The van der Waals surface area contributed by atoms with Crippen LogP contribution in [-0.4, -0.2) is 29.1 Å².